The summed E-state index contributed by atoms with van der Waals surface area (Å²) in [5, 5.41) is 0. The molecule has 4 rings (SSSR count). The molecule has 0 bridgehead atoms. The van der Waals surface area contributed by atoms with Crippen LogP contribution in [0, 0.1) is 0 Å². The van der Waals surface area contributed by atoms with E-state index in [2.05, 4.69) is 4.98 Å². The lowest BCUT2D eigenvalue weighted by atomic mass is 9.80. The number of methoxy groups -OCH3 is 2. The molecule has 0 fully saturated rings. The Labute approximate surface area is 211 Å². The third-order valence-electron chi connectivity index (χ3n) is 5.80. The van der Waals surface area contributed by atoms with E-state index in [1.807, 2.05) is 91.0 Å². The minimum Gasteiger partial charge on any atom is -0.497 e. The van der Waals surface area contributed by atoms with Gasteiger partial charge in [-0.3, -0.25) is 4.98 Å². The van der Waals surface area contributed by atoms with Gasteiger partial charge in [0, 0.05) is 4.57 Å². The number of ether oxygens (including phenoxy) is 3. The molecule has 1 heterocycles. The monoisotopic (exact) mass is 504 g/mol. The quantitative estimate of drug-likeness (QED) is 0.205. The SMILES string of the molecule is COc1ccc(C(OCc2cccc(CO[P+](=O)O)n2)(c2ccccc2)c2ccc(OC)cc2)cc1. The topological polar surface area (TPSA) is 87.1 Å². The van der Waals surface area contributed by atoms with Crippen LogP contribution in [0.25, 0.3) is 0 Å². The second-order valence-corrected chi connectivity index (χ2v) is 8.66. The number of hydrogen-bond acceptors (Lipinski definition) is 6. The zero-order valence-electron chi connectivity index (χ0n) is 20.0. The molecule has 0 saturated carbocycles. The molecule has 36 heavy (non-hydrogen) atoms. The molecule has 1 atom stereocenters. The molecule has 3 aromatic carbocycles. The van der Waals surface area contributed by atoms with Crippen molar-refractivity contribution in [2.45, 2.75) is 18.8 Å². The highest BCUT2D eigenvalue weighted by molar-refractivity contribution is 7.32. The normalized spacial score (nSPS) is 11.7. The molecular weight excluding hydrogens is 477 g/mol. The summed E-state index contributed by atoms with van der Waals surface area (Å²) in [5.41, 5.74) is 2.99. The van der Waals surface area contributed by atoms with Crippen LogP contribution >= 0.6 is 8.25 Å². The molecule has 4 aromatic rings. The molecule has 0 aliphatic heterocycles. The van der Waals surface area contributed by atoms with Crippen LogP contribution < -0.4 is 9.47 Å². The Balaban J connectivity index is 1.80. The van der Waals surface area contributed by atoms with Gasteiger partial charge >= 0.3 is 8.25 Å². The van der Waals surface area contributed by atoms with Crippen molar-refractivity contribution < 1.29 is 28.2 Å². The highest BCUT2D eigenvalue weighted by Gasteiger charge is 2.38. The molecule has 0 radical (unpaired) electrons. The number of nitrogens with zero attached hydrogens (tertiary/aromatic N) is 1. The number of hydrogen-bond donors (Lipinski definition) is 1. The molecule has 7 nitrogen and oxygen atoms in total. The van der Waals surface area contributed by atoms with E-state index in [-0.39, 0.29) is 13.2 Å². The molecule has 1 aromatic heterocycles. The predicted octanol–water partition coefficient (Wildman–Crippen LogP) is 5.77. The van der Waals surface area contributed by atoms with E-state index in [0.717, 1.165) is 28.2 Å². The Kier molecular flexibility index (Phi) is 8.41. The van der Waals surface area contributed by atoms with Gasteiger partial charge in [-0.1, -0.05) is 60.7 Å². The van der Waals surface area contributed by atoms with Crippen LogP contribution in [-0.4, -0.2) is 24.1 Å². The van der Waals surface area contributed by atoms with Crippen LogP contribution in [0.4, 0.5) is 0 Å². The van der Waals surface area contributed by atoms with Crippen LogP contribution in [0.1, 0.15) is 28.1 Å². The second kappa shape index (κ2) is 11.9. The van der Waals surface area contributed by atoms with Crippen LogP contribution in [0.2, 0.25) is 0 Å². The molecule has 8 heteroatoms. The number of benzene rings is 3. The van der Waals surface area contributed by atoms with E-state index in [1.165, 1.54) is 0 Å². The Bertz CT molecular complexity index is 1230. The summed E-state index contributed by atoms with van der Waals surface area (Å²) in [5.74, 6) is 1.49. The van der Waals surface area contributed by atoms with Crippen molar-refractivity contribution in [1.29, 1.82) is 0 Å². The maximum Gasteiger partial charge on any atom is 0.695 e. The molecule has 0 aliphatic rings. The van der Waals surface area contributed by atoms with Crippen molar-refractivity contribution in [2.24, 2.45) is 0 Å². The largest absolute Gasteiger partial charge is 0.695 e. The Morgan fingerprint density at radius 3 is 1.69 bits per heavy atom. The lowest BCUT2D eigenvalue weighted by Gasteiger charge is -2.36. The number of pyridine rings is 1. The van der Waals surface area contributed by atoms with Gasteiger partial charge in [0.25, 0.3) is 0 Å². The van der Waals surface area contributed by atoms with E-state index in [0.29, 0.717) is 11.4 Å². The minimum absolute atomic E-state index is 0.0691. The zero-order chi connectivity index (χ0) is 25.4. The lowest BCUT2D eigenvalue weighted by molar-refractivity contribution is -0.00157. The van der Waals surface area contributed by atoms with Gasteiger partial charge in [0.15, 0.2) is 0 Å². The van der Waals surface area contributed by atoms with Crippen molar-refractivity contribution in [1.82, 2.24) is 4.98 Å². The lowest BCUT2D eigenvalue weighted by Crippen LogP contribution is -2.33. The molecule has 184 valence electrons. The average molecular weight is 504 g/mol. The summed E-state index contributed by atoms with van der Waals surface area (Å²) in [6.07, 6.45) is 0. The van der Waals surface area contributed by atoms with E-state index < -0.39 is 13.9 Å². The third kappa shape index (κ3) is 5.78. The van der Waals surface area contributed by atoms with E-state index >= 15 is 0 Å². The third-order valence-corrected chi connectivity index (χ3v) is 6.15. The Hall–Kier alpha value is -3.61. The fraction of sp³-hybridized carbons (Fsp3) is 0.179. The second-order valence-electron chi connectivity index (χ2n) is 7.92. The average Bonchev–Trinajstić information content (AvgIpc) is 2.93. The highest BCUT2D eigenvalue weighted by Crippen LogP contribution is 2.42. The van der Waals surface area contributed by atoms with Crippen LogP contribution in [-0.2, 0) is 32.6 Å². The fourth-order valence-corrected chi connectivity index (χ4v) is 4.31. The molecule has 0 aliphatic carbocycles. The van der Waals surface area contributed by atoms with Gasteiger partial charge in [-0.2, -0.15) is 0 Å². The van der Waals surface area contributed by atoms with Crippen molar-refractivity contribution in [3.63, 3.8) is 0 Å². The summed E-state index contributed by atoms with van der Waals surface area (Å²) in [4.78, 5) is 13.5. The summed E-state index contributed by atoms with van der Waals surface area (Å²) in [6.45, 7) is 0.104. The maximum absolute atomic E-state index is 10.9. The van der Waals surface area contributed by atoms with Gasteiger partial charge in [0.2, 0.25) is 0 Å². The predicted molar refractivity (Wildman–Crippen MR) is 136 cm³/mol. The smallest absolute Gasteiger partial charge is 0.497 e. The minimum atomic E-state index is -2.70. The first kappa shape index (κ1) is 25.5. The highest BCUT2D eigenvalue weighted by atomic mass is 31.1. The van der Waals surface area contributed by atoms with Gasteiger partial charge in [-0.05, 0) is 53.1 Å². The maximum atomic E-state index is 10.9. The summed E-state index contributed by atoms with van der Waals surface area (Å²) in [6, 6.07) is 31.0. The molecule has 1 N–H and O–H groups in total. The van der Waals surface area contributed by atoms with Crippen LogP contribution in [0.3, 0.4) is 0 Å². The first-order valence-corrected chi connectivity index (χ1v) is 12.4. The Morgan fingerprint density at radius 2 is 1.19 bits per heavy atom. The first-order chi connectivity index (χ1) is 17.5. The van der Waals surface area contributed by atoms with E-state index in [1.54, 1.807) is 20.3 Å². The van der Waals surface area contributed by atoms with Crippen LogP contribution in [0.15, 0.2) is 97.1 Å². The summed E-state index contributed by atoms with van der Waals surface area (Å²) in [7, 11) is 0.566. The van der Waals surface area contributed by atoms with Gasteiger partial charge in [-0.15, -0.1) is 9.42 Å². The summed E-state index contributed by atoms with van der Waals surface area (Å²) >= 11 is 0. The standard InChI is InChI=1S/C28H26NO6P/c1-32-26-15-11-22(12-16-26)28(21-7-4-3-5-8-21,23-13-17-27(33-2)18-14-23)34-19-24-9-6-10-25(29-24)20-35-36(30)31/h3-18H,19-20H2,1-2H3/p+1. The number of rotatable bonds is 11. The van der Waals surface area contributed by atoms with Crippen molar-refractivity contribution in [2.75, 3.05) is 14.2 Å². The van der Waals surface area contributed by atoms with E-state index in [9.17, 15) is 4.57 Å². The fourth-order valence-electron chi connectivity index (χ4n) is 4.07. The zero-order valence-corrected chi connectivity index (χ0v) is 20.9. The molecule has 0 amide bonds. The summed E-state index contributed by atoms with van der Waals surface area (Å²) < 4.78 is 33.3. The molecule has 1 unspecified atom stereocenters. The number of aromatic nitrogens is 1. The first-order valence-electron chi connectivity index (χ1n) is 11.3. The van der Waals surface area contributed by atoms with Gasteiger partial charge in [-0.25, -0.2) is 0 Å². The molecular formula is C28H27NO6P+. The van der Waals surface area contributed by atoms with Crippen molar-refractivity contribution >= 4 is 8.25 Å². The molecule has 0 spiro atoms. The van der Waals surface area contributed by atoms with Crippen molar-refractivity contribution in [3.05, 3.63) is 125 Å². The van der Waals surface area contributed by atoms with E-state index in [4.69, 9.17) is 23.6 Å². The Morgan fingerprint density at radius 1 is 0.694 bits per heavy atom. The van der Waals surface area contributed by atoms with Crippen LogP contribution in [0.5, 0.6) is 11.5 Å². The molecule has 0 saturated heterocycles. The van der Waals surface area contributed by atoms with Gasteiger partial charge < -0.3 is 14.2 Å². The van der Waals surface area contributed by atoms with Crippen molar-refractivity contribution in [3.8, 4) is 11.5 Å². The van der Waals surface area contributed by atoms with Gasteiger partial charge in [0.1, 0.15) is 23.7 Å². The van der Waals surface area contributed by atoms with Gasteiger partial charge in [0.05, 0.1) is 32.2 Å².